The molecule has 0 aromatic heterocycles. The van der Waals surface area contributed by atoms with Crippen LogP contribution in [-0.2, 0) is 10.3 Å². The van der Waals surface area contributed by atoms with Crippen molar-refractivity contribution in [1.29, 1.82) is 0 Å². The first-order valence-corrected chi connectivity index (χ1v) is 8.23. The van der Waals surface area contributed by atoms with Gasteiger partial charge in [0.25, 0.3) is 0 Å². The minimum Gasteiger partial charge on any atom is -0.381 e. The maximum absolute atomic E-state index is 6.60. The highest BCUT2D eigenvalue weighted by atomic mass is 35.5. The maximum atomic E-state index is 6.60. The highest BCUT2D eigenvalue weighted by Gasteiger charge is 2.30. The van der Waals surface area contributed by atoms with Crippen LogP contribution in [0, 0.1) is 0 Å². The summed E-state index contributed by atoms with van der Waals surface area (Å²) in [4.78, 5) is 0. The number of ether oxygens (including phenoxy) is 1. The van der Waals surface area contributed by atoms with E-state index in [1.807, 2.05) is 0 Å². The van der Waals surface area contributed by atoms with Crippen LogP contribution < -0.4 is 5.73 Å². The molecule has 1 saturated heterocycles. The molecule has 2 nitrogen and oxygen atoms in total. The van der Waals surface area contributed by atoms with Crippen LogP contribution in [0.3, 0.4) is 0 Å². The van der Waals surface area contributed by atoms with Gasteiger partial charge < -0.3 is 10.5 Å². The Labute approximate surface area is 126 Å². The minimum atomic E-state index is -0.157. The van der Waals surface area contributed by atoms with Crippen molar-refractivity contribution < 1.29 is 4.74 Å². The zero-order valence-electron chi connectivity index (χ0n) is 12.0. The smallest absolute Gasteiger partial charge is 0.0471 e. The predicted octanol–water partition coefficient (Wildman–Crippen LogP) is 4.35. The number of halogens is 1. The molecule has 20 heavy (non-hydrogen) atoms. The van der Waals surface area contributed by atoms with Crippen LogP contribution in [0.5, 0.6) is 0 Å². The number of rotatable bonds is 2. The largest absolute Gasteiger partial charge is 0.381 e. The normalized spacial score (nSPS) is 23.7. The summed E-state index contributed by atoms with van der Waals surface area (Å²) in [5.74, 6) is 0.547. The van der Waals surface area contributed by atoms with Crippen LogP contribution in [0.25, 0.3) is 0 Å². The van der Waals surface area contributed by atoms with E-state index in [1.165, 1.54) is 30.4 Å². The lowest BCUT2D eigenvalue weighted by molar-refractivity contribution is 0.0853. The van der Waals surface area contributed by atoms with Gasteiger partial charge in [0.15, 0.2) is 0 Å². The second kappa shape index (κ2) is 6.05. The molecule has 1 aromatic carbocycles. The third-order valence-electron chi connectivity index (χ3n) is 4.98. The Balaban J connectivity index is 1.83. The van der Waals surface area contributed by atoms with Gasteiger partial charge >= 0.3 is 0 Å². The molecule has 3 rings (SSSR count). The molecule has 0 radical (unpaired) electrons. The lowest BCUT2D eigenvalue weighted by atomic mass is 9.77. The summed E-state index contributed by atoms with van der Waals surface area (Å²) in [7, 11) is 0. The Hall–Kier alpha value is -0.570. The van der Waals surface area contributed by atoms with Gasteiger partial charge in [-0.05, 0) is 48.8 Å². The van der Waals surface area contributed by atoms with Crippen LogP contribution >= 0.6 is 11.6 Å². The van der Waals surface area contributed by atoms with E-state index in [0.717, 1.165) is 43.9 Å². The zero-order valence-corrected chi connectivity index (χ0v) is 12.8. The summed E-state index contributed by atoms with van der Waals surface area (Å²) in [6.45, 7) is 1.70. The zero-order chi connectivity index (χ0) is 14.0. The summed E-state index contributed by atoms with van der Waals surface area (Å²) in [6, 6.07) is 6.54. The van der Waals surface area contributed by atoms with E-state index < -0.39 is 0 Å². The molecule has 3 heteroatoms. The molecule has 0 atom stereocenters. The van der Waals surface area contributed by atoms with Gasteiger partial charge in [0, 0.05) is 23.8 Å². The second-order valence-corrected chi connectivity index (χ2v) is 6.75. The molecule has 1 heterocycles. The van der Waals surface area contributed by atoms with Gasteiger partial charge in [0.05, 0.1) is 0 Å². The minimum absolute atomic E-state index is 0.157. The molecular formula is C17H24ClNO. The lowest BCUT2D eigenvalue weighted by Gasteiger charge is -2.34. The van der Waals surface area contributed by atoms with Crippen molar-refractivity contribution in [3.05, 3.63) is 34.3 Å². The van der Waals surface area contributed by atoms with E-state index in [-0.39, 0.29) is 5.54 Å². The van der Waals surface area contributed by atoms with Gasteiger partial charge in [-0.1, -0.05) is 43.0 Å². The third-order valence-corrected chi connectivity index (χ3v) is 5.31. The van der Waals surface area contributed by atoms with Gasteiger partial charge in [0.1, 0.15) is 0 Å². The molecule has 1 saturated carbocycles. The Kier molecular flexibility index (Phi) is 4.34. The first-order chi connectivity index (χ1) is 9.69. The Morgan fingerprint density at radius 3 is 2.45 bits per heavy atom. The molecule has 2 fully saturated rings. The molecule has 0 spiro atoms. The molecule has 2 aliphatic rings. The van der Waals surface area contributed by atoms with Crippen LogP contribution in [0.2, 0.25) is 5.02 Å². The summed E-state index contributed by atoms with van der Waals surface area (Å²) >= 11 is 6.55. The van der Waals surface area contributed by atoms with E-state index >= 15 is 0 Å². The number of hydrogen-bond donors (Lipinski definition) is 1. The van der Waals surface area contributed by atoms with Crippen molar-refractivity contribution in [3.8, 4) is 0 Å². The molecule has 110 valence electrons. The van der Waals surface area contributed by atoms with Gasteiger partial charge in [-0.15, -0.1) is 0 Å². The predicted molar refractivity (Wildman–Crippen MR) is 83.2 cm³/mol. The average molecular weight is 294 g/mol. The number of nitrogens with two attached hydrogens (primary N) is 1. The fourth-order valence-electron chi connectivity index (χ4n) is 3.65. The van der Waals surface area contributed by atoms with Gasteiger partial charge in [-0.2, -0.15) is 0 Å². The van der Waals surface area contributed by atoms with E-state index in [4.69, 9.17) is 22.1 Å². The van der Waals surface area contributed by atoms with Crippen LogP contribution in [0.1, 0.15) is 62.0 Å². The first-order valence-electron chi connectivity index (χ1n) is 7.86. The third kappa shape index (κ3) is 2.88. The summed E-state index contributed by atoms with van der Waals surface area (Å²) in [5, 5.41) is 0.893. The Morgan fingerprint density at radius 1 is 1.10 bits per heavy atom. The molecular weight excluding hydrogens is 270 g/mol. The van der Waals surface area contributed by atoms with Crippen LogP contribution in [-0.4, -0.2) is 13.2 Å². The SMILES string of the molecule is NC1(c2ccc(C3CCOCC3)c(Cl)c2)CCCCC1. The van der Waals surface area contributed by atoms with Crippen molar-refractivity contribution >= 4 is 11.6 Å². The summed E-state index contributed by atoms with van der Waals surface area (Å²) in [6.07, 6.45) is 8.10. The molecule has 0 amide bonds. The lowest BCUT2D eigenvalue weighted by Crippen LogP contribution is -2.38. The maximum Gasteiger partial charge on any atom is 0.0471 e. The van der Waals surface area contributed by atoms with Gasteiger partial charge in [-0.3, -0.25) is 0 Å². The highest BCUT2D eigenvalue weighted by molar-refractivity contribution is 6.31. The monoisotopic (exact) mass is 293 g/mol. The van der Waals surface area contributed by atoms with Crippen molar-refractivity contribution in [2.75, 3.05) is 13.2 Å². The topological polar surface area (TPSA) is 35.2 Å². The molecule has 1 aromatic rings. The van der Waals surface area contributed by atoms with Crippen molar-refractivity contribution in [2.24, 2.45) is 5.73 Å². The van der Waals surface area contributed by atoms with Crippen LogP contribution in [0.15, 0.2) is 18.2 Å². The Morgan fingerprint density at radius 2 is 1.80 bits per heavy atom. The van der Waals surface area contributed by atoms with Crippen LogP contribution in [0.4, 0.5) is 0 Å². The van der Waals surface area contributed by atoms with Crippen molar-refractivity contribution in [3.63, 3.8) is 0 Å². The van der Waals surface area contributed by atoms with Crippen molar-refractivity contribution in [1.82, 2.24) is 0 Å². The van der Waals surface area contributed by atoms with E-state index in [0.29, 0.717) is 5.92 Å². The highest BCUT2D eigenvalue weighted by Crippen LogP contribution is 2.38. The summed E-state index contributed by atoms with van der Waals surface area (Å²) < 4.78 is 5.43. The van der Waals surface area contributed by atoms with Crippen molar-refractivity contribution in [2.45, 2.75) is 56.4 Å². The second-order valence-electron chi connectivity index (χ2n) is 6.34. The van der Waals surface area contributed by atoms with Gasteiger partial charge in [-0.25, -0.2) is 0 Å². The molecule has 1 aliphatic carbocycles. The van der Waals surface area contributed by atoms with Gasteiger partial charge in [0.2, 0.25) is 0 Å². The number of benzene rings is 1. The average Bonchev–Trinajstić information content (AvgIpc) is 2.49. The van der Waals surface area contributed by atoms with E-state index in [9.17, 15) is 0 Å². The molecule has 2 N–H and O–H groups in total. The fraction of sp³-hybridized carbons (Fsp3) is 0.647. The van der Waals surface area contributed by atoms with E-state index in [2.05, 4.69) is 18.2 Å². The standard InChI is InChI=1S/C17H24ClNO/c18-16-12-14(17(19)8-2-1-3-9-17)4-5-15(16)13-6-10-20-11-7-13/h4-5,12-13H,1-3,6-11,19H2. The molecule has 0 unspecified atom stereocenters. The first kappa shape index (κ1) is 14.4. The summed E-state index contributed by atoms with van der Waals surface area (Å²) in [5.41, 5.74) is 8.94. The van der Waals surface area contributed by atoms with E-state index in [1.54, 1.807) is 0 Å². The Bertz CT molecular complexity index is 462. The molecule has 1 aliphatic heterocycles. The fourth-order valence-corrected chi connectivity index (χ4v) is 3.98. The molecule has 0 bridgehead atoms. The number of hydrogen-bond acceptors (Lipinski definition) is 2. The quantitative estimate of drug-likeness (QED) is 0.880.